The van der Waals surface area contributed by atoms with Gasteiger partial charge >= 0.3 is 5.97 Å². The van der Waals surface area contributed by atoms with Crippen LogP contribution in [0.1, 0.15) is 11.8 Å². The first kappa shape index (κ1) is 15.3. The molecule has 0 N–H and O–H groups in total. The van der Waals surface area contributed by atoms with Crippen LogP contribution < -0.4 is 0 Å². The van der Waals surface area contributed by atoms with Gasteiger partial charge in [-0.1, -0.05) is 0 Å². The molecule has 0 aliphatic carbocycles. The number of halogens is 1. The second-order valence-electron chi connectivity index (χ2n) is 3.89. The van der Waals surface area contributed by atoms with Crippen molar-refractivity contribution < 1.29 is 19.1 Å². The Bertz CT molecular complexity index is 610. The first-order chi connectivity index (χ1) is 9.43. The minimum absolute atomic E-state index is 0.306. The van der Waals surface area contributed by atoms with Crippen molar-refractivity contribution in [2.75, 3.05) is 7.11 Å². The van der Waals surface area contributed by atoms with Crippen LogP contribution in [0.5, 0.6) is 0 Å². The molecule has 1 aromatic heterocycles. The van der Waals surface area contributed by atoms with Gasteiger partial charge in [-0.25, -0.2) is 4.79 Å². The van der Waals surface area contributed by atoms with Gasteiger partial charge in [-0.2, -0.15) is 0 Å². The average molecular weight is 376 g/mol. The predicted octanol–water partition coefficient (Wildman–Crippen LogP) is 3.11. The molecule has 1 aliphatic rings. The first-order valence-corrected chi connectivity index (χ1v) is 7.97. The number of hydrogen-bond donors (Lipinski definition) is 0. The Hall–Kier alpha value is -1.12. The van der Waals surface area contributed by atoms with E-state index in [4.69, 9.17) is 0 Å². The van der Waals surface area contributed by atoms with Crippen LogP contribution in [-0.4, -0.2) is 35.2 Å². The van der Waals surface area contributed by atoms with Crippen molar-refractivity contribution in [1.29, 1.82) is 0 Å². The molecule has 1 atom stereocenters. The zero-order valence-corrected chi connectivity index (χ0v) is 13.8. The monoisotopic (exact) mass is 375 g/mol. The fourth-order valence-corrected chi connectivity index (χ4v) is 3.97. The Morgan fingerprint density at radius 2 is 2.15 bits per heavy atom. The Morgan fingerprint density at radius 1 is 1.45 bits per heavy atom. The number of carbonyl (C=O) groups is 3. The van der Waals surface area contributed by atoms with Gasteiger partial charge in [-0.05, 0) is 52.8 Å². The summed E-state index contributed by atoms with van der Waals surface area (Å²) in [7, 11) is 1.22. The zero-order chi connectivity index (χ0) is 14.9. The number of esters is 1. The standard InChI is InChI=1S/C12H10BrNO4S2/c1-6(11(16)18-2)14-10(15)8(20-12(14)17)5-7-3-4-9(13)19-7/h3-6H,1-2H3. The Labute approximate surface area is 132 Å². The van der Waals surface area contributed by atoms with E-state index < -0.39 is 23.2 Å². The van der Waals surface area contributed by atoms with Crippen molar-refractivity contribution in [3.05, 3.63) is 25.7 Å². The number of ether oxygens (including phenoxy) is 1. The third-order valence-corrected chi connectivity index (χ3v) is 5.07. The molecule has 20 heavy (non-hydrogen) atoms. The number of carbonyl (C=O) groups excluding carboxylic acids is 3. The highest BCUT2D eigenvalue weighted by atomic mass is 79.9. The maximum atomic E-state index is 12.2. The van der Waals surface area contributed by atoms with Gasteiger partial charge in [0.05, 0.1) is 15.8 Å². The Balaban J connectivity index is 2.25. The van der Waals surface area contributed by atoms with Crippen LogP contribution in [0.3, 0.4) is 0 Å². The van der Waals surface area contributed by atoms with E-state index in [-0.39, 0.29) is 0 Å². The molecule has 1 aromatic rings. The van der Waals surface area contributed by atoms with Gasteiger partial charge in [0.1, 0.15) is 6.04 Å². The van der Waals surface area contributed by atoms with Gasteiger partial charge in [-0.15, -0.1) is 11.3 Å². The van der Waals surface area contributed by atoms with Crippen molar-refractivity contribution in [3.63, 3.8) is 0 Å². The van der Waals surface area contributed by atoms with Crippen molar-refractivity contribution in [2.45, 2.75) is 13.0 Å². The zero-order valence-electron chi connectivity index (χ0n) is 10.6. The topological polar surface area (TPSA) is 63.7 Å². The lowest BCUT2D eigenvalue weighted by molar-refractivity contribution is -0.148. The molecule has 0 bridgehead atoms. The Kier molecular flexibility index (Phi) is 4.66. The summed E-state index contributed by atoms with van der Waals surface area (Å²) in [6, 6.07) is 2.78. The molecule has 0 saturated carbocycles. The fourth-order valence-electron chi connectivity index (χ4n) is 1.62. The van der Waals surface area contributed by atoms with Gasteiger partial charge in [-0.3, -0.25) is 14.5 Å². The molecule has 0 radical (unpaired) electrons. The summed E-state index contributed by atoms with van der Waals surface area (Å²) in [5.41, 5.74) is 0. The quantitative estimate of drug-likeness (QED) is 0.599. The van der Waals surface area contributed by atoms with Crippen molar-refractivity contribution in [2.24, 2.45) is 0 Å². The normalized spacial score (nSPS) is 18.8. The Morgan fingerprint density at radius 3 is 2.70 bits per heavy atom. The third-order valence-electron chi connectivity index (χ3n) is 2.62. The molecule has 106 valence electrons. The lowest BCUT2D eigenvalue weighted by atomic mass is 10.3. The lowest BCUT2D eigenvalue weighted by Crippen LogP contribution is -2.42. The predicted molar refractivity (Wildman–Crippen MR) is 81.3 cm³/mol. The largest absolute Gasteiger partial charge is 0.467 e. The SMILES string of the molecule is COC(=O)C(C)N1C(=O)SC(=Cc2ccc(Br)s2)C1=O. The smallest absolute Gasteiger partial charge is 0.328 e. The van der Waals surface area contributed by atoms with Crippen LogP contribution in [-0.2, 0) is 14.3 Å². The molecule has 1 fully saturated rings. The van der Waals surface area contributed by atoms with Crippen LogP contribution >= 0.6 is 39.0 Å². The summed E-state index contributed by atoms with van der Waals surface area (Å²) in [4.78, 5) is 37.6. The van der Waals surface area contributed by atoms with Crippen LogP contribution in [0.2, 0.25) is 0 Å². The summed E-state index contributed by atoms with van der Waals surface area (Å²) in [6.07, 6.45) is 1.64. The number of rotatable bonds is 3. The van der Waals surface area contributed by atoms with Gasteiger partial charge in [0.25, 0.3) is 11.1 Å². The number of imide groups is 1. The summed E-state index contributed by atoms with van der Waals surface area (Å²) in [5, 5.41) is -0.463. The molecular weight excluding hydrogens is 366 g/mol. The highest BCUT2D eigenvalue weighted by Gasteiger charge is 2.41. The van der Waals surface area contributed by atoms with Crippen molar-refractivity contribution in [1.82, 2.24) is 4.90 Å². The van der Waals surface area contributed by atoms with E-state index in [9.17, 15) is 14.4 Å². The number of thiophene rings is 1. The van der Waals surface area contributed by atoms with Crippen LogP contribution in [0.15, 0.2) is 20.8 Å². The van der Waals surface area contributed by atoms with E-state index >= 15 is 0 Å². The van der Waals surface area contributed by atoms with Crippen molar-refractivity contribution >= 4 is 62.2 Å². The van der Waals surface area contributed by atoms with Crippen molar-refractivity contribution in [3.8, 4) is 0 Å². The number of amides is 2. The summed E-state index contributed by atoms with van der Waals surface area (Å²) < 4.78 is 5.50. The molecule has 1 aliphatic heterocycles. The molecule has 2 heterocycles. The minimum Gasteiger partial charge on any atom is -0.467 e. The summed E-state index contributed by atoms with van der Waals surface area (Å²) in [6.45, 7) is 1.47. The van der Waals surface area contributed by atoms with E-state index in [0.717, 1.165) is 25.3 Å². The number of thioether (sulfide) groups is 1. The molecule has 5 nitrogen and oxygen atoms in total. The minimum atomic E-state index is -0.923. The molecular formula is C12H10BrNO4S2. The van der Waals surface area contributed by atoms with E-state index in [1.807, 2.05) is 12.1 Å². The highest BCUT2D eigenvalue weighted by molar-refractivity contribution is 9.11. The van der Waals surface area contributed by atoms with E-state index in [2.05, 4.69) is 20.7 Å². The van der Waals surface area contributed by atoms with E-state index in [0.29, 0.717) is 4.91 Å². The van der Waals surface area contributed by atoms with E-state index in [1.54, 1.807) is 6.08 Å². The molecule has 0 aromatic carbocycles. The molecule has 1 saturated heterocycles. The molecule has 2 amide bonds. The third kappa shape index (κ3) is 2.97. The molecule has 2 rings (SSSR count). The summed E-state index contributed by atoms with van der Waals surface area (Å²) in [5.74, 6) is -1.09. The van der Waals surface area contributed by atoms with Gasteiger partial charge in [0, 0.05) is 4.88 Å². The lowest BCUT2D eigenvalue weighted by Gasteiger charge is -2.18. The average Bonchev–Trinajstić information content (AvgIpc) is 2.93. The number of nitrogens with zero attached hydrogens (tertiary/aromatic N) is 1. The van der Waals surface area contributed by atoms with Crippen LogP contribution in [0.4, 0.5) is 4.79 Å². The van der Waals surface area contributed by atoms with Crippen LogP contribution in [0, 0.1) is 0 Å². The number of methoxy groups -OCH3 is 1. The highest BCUT2D eigenvalue weighted by Crippen LogP contribution is 2.35. The maximum Gasteiger partial charge on any atom is 0.328 e. The van der Waals surface area contributed by atoms with Gasteiger partial charge in [0.2, 0.25) is 0 Å². The second-order valence-corrected chi connectivity index (χ2v) is 7.38. The maximum absolute atomic E-state index is 12.2. The summed E-state index contributed by atoms with van der Waals surface area (Å²) >= 11 is 5.61. The van der Waals surface area contributed by atoms with Gasteiger partial charge < -0.3 is 4.74 Å². The molecule has 1 unspecified atom stereocenters. The second kappa shape index (κ2) is 6.11. The number of hydrogen-bond acceptors (Lipinski definition) is 6. The van der Waals surface area contributed by atoms with E-state index in [1.165, 1.54) is 25.4 Å². The first-order valence-electron chi connectivity index (χ1n) is 5.54. The fraction of sp³-hybridized carbons (Fsp3) is 0.250. The van der Waals surface area contributed by atoms with Crippen LogP contribution in [0.25, 0.3) is 6.08 Å². The molecule has 8 heteroatoms. The molecule has 0 spiro atoms. The van der Waals surface area contributed by atoms with Gasteiger partial charge in [0.15, 0.2) is 0 Å².